The van der Waals surface area contributed by atoms with Gasteiger partial charge >= 0.3 is 5.97 Å². The monoisotopic (exact) mass is 831 g/mol. The Morgan fingerprint density at radius 2 is 1.03 bits per heavy atom. The van der Waals surface area contributed by atoms with Crippen LogP contribution < -0.4 is 0 Å². The number of carbonyl (C=O) groups excluding carboxylic acids is 1. The SMILES string of the molecule is CC/C=C\C/C=C\C/C=C\C/C=C\C/C=C\CCCCCC(=O)OC(COCCCCCCCC/C=C\CCCCCCCCC)COC1OC(CO)C(O)C(O)C1O. The summed E-state index contributed by atoms with van der Waals surface area (Å²) in [7, 11) is 0. The van der Waals surface area contributed by atoms with Crippen molar-refractivity contribution in [3.8, 4) is 0 Å². The molecule has 0 spiro atoms. The van der Waals surface area contributed by atoms with Crippen LogP contribution in [-0.4, -0.2) is 89.6 Å². The molecule has 4 N–H and O–H groups in total. The Morgan fingerprint density at radius 1 is 0.559 bits per heavy atom. The van der Waals surface area contributed by atoms with Gasteiger partial charge in [-0.2, -0.15) is 0 Å². The second kappa shape index (κ2) is 41.0. The molecule has 1 aliphatic rings. The third-order valence-electron chi connectivity index (χ3n) is 10.4. The number of rotatable bonds is 39. The molecule has 0 saturated carbocycles. The molecule has 0 aromatic heterocycles. The minimum atomic E-state index is -1.55. The molecule has 0 aliphatic carbocycles. The van der Waals surface area contributed by atoms with Crippen LogP contribution in [0.15, 0.2) is 72.9 Å². The van der Waals surface area contributed by atoms with E-state index in [4.69, 9.17) is 18.9 Å². The minimum absolute atomic E-state index is 0.123. The van der Waals surface area contributed by atoms with E-state index in [1.807, 2.05) is 0 Å². The first-order valence-electron chi connectivity index (χ1n) is 23.5. The van der Waals surface area contributed by atoms with Crippen LogP contribution in [0, 0.1) is 0 Å². The van der Waals surface area contributed by atoms with Crippen molar-refractivity contribution in [2.75, 3.05) is 26.4 Å². The summed E-state index contributed by atoms with van der Waals surface area (Å²) < 4.78 is 22.8. The van der Waals surface area contributed by atoms with Gasteiger partial charge < -0.3 is 39.4 Å². The molecule has 1 rings (SSSR count). The second-order valence-corrected chi connectivity index (χ2v) is 15.8. The van der Waals surface area contributed by atoms with Crippen LogP contribution in [0.4, 0.5) is 0 Å². The van der Waals surface area contributed by atoms with Gasteiger partial charge in [0, 0.05) is 13.0 Å². The molecule has 6 atom stereocenters. The number of carbonyl (C=O) groups is 1. The molecule has 1 saturated heterocycles. The molecule has 0 aromatic carbocycles. The van der Waals surface area contributed by atoms with Crippen molar-refractivity contribution in [2.24, 2.45) is 0 Å². The normalized spacial score (nSPS) is 20.8. The molecule has 0 aromatic rings. The summed E-state index contributed by atoms with van der Waals surface area (Å²) in [4.78, 5) is 12.8. The lowest BCUT2D eigenvalue weighted by atomic mass is 9.99. The average Bonchev–Trinajstić information content (AvgIpc) is 3.24. The highest BCUT2D eigenvalue weighted by Gasteiger charge is 2.44. The first-order valence-corrected chi connectivity index (χ1v) is 23.5. The van der Waals surface area contributed by atoms with Gasteiger partial charge in [0.2, 0.25) is 0 Å². The summed E-state index contributed by atoms with van der Waals surface area (Å²) in [5.41, 5.74) is 0. The van der Waals surface area contributed by atoms with Gasteiger partial charge in [0.05, 0.1) is 19.8 Å². The molecule has 6 unspecified atom stereocenters. The Labute approximate surface area is 359 Å². The third kappa shape index (κ3) is 32.1. The van der Waals surface area contributed by atoms with E-state index in [1.165, 1.54) is 70.6 Å². The summed E-state index contributed by atoms with van der Waals surface area (Å²) >= 11 is 0. The van der Waals surface area contributed by atoms with Crippen molar-refractivity contribution in [1.29, 1.82) is 0 Å². The lowest BCUT2D eigenvalue weighted by molar-refractivity contribution is -0.305. The zero-order valence-corrected chi connectivity index (χ0v) is 37.2. The summed E-state index contributed by atoms with van der Waals surface area (Å²) in [6.07, 6.45) is 46.4. The van der Waals surface area contributed by atoms with Gasteiger partial charge in [-0.05, 0) is 83.5 Å². The molecule has 59 heavy (non-hydrogen) atoms. The van der Waals surface area contributed by atoms with Crippen LogP contribution in [0.1, 0.15) is 174 Å². The summed E-state index contributed by atoms with van der Waals surface area (Å²) in [5, 5.41) is 40.2. The van der Waals surface area contributed by atoms with Gasteiger partial charge in [-0.25, -0.2) is 0 Å². The van der Waals surface area contributed by atoms with Gasteiger partial charge in [-0.1, -0.05) is 157 Å². The second-order valence-electron chi connectivity index (χ2n) is 15.8. The Hall–Kier alpha value is -2.37. The van der Waals surface area contributed by atoms with Gasteiger partial charge in [-0.15, -0.1) is 0 Å². The topological polar surface area (TPSA) is 135 Å². The molecular weight excluding hydrogens is 745 g/mol. The number of allylic oxidation sites excluding steroid dienone is 12. The Balaban J connectivity index is 2.29. The quantitative estimate of drug-likeness (QED) is 0.0271. The zero-order chi connectivity index (χ0) is 42.9. The summed E-state index contributed by atoms with van der Waals surface area (Å²) in [5.74, 6) is -0.349. The minimum Gasteiger partial charge on any atom is -0.457 e. The van der Waals surface area contributed by atoms with E-state index in [0.29, 0.717) is 13.0 Å². The summed E-state index contributed by atoms with van der Waals surface area (Å²) in [6, 6.07) is 0. The van der Waals surface area contributed by atoms with Crippen molar-refractivity contribution >= 4 is 5.97 Å². The fourth-order valence-electron chi connectivity index (χ4n) is 6.69. The smallest absolute Gasteiger partial charge is 0.306 e. The van der Waals surface area contributed by atoms with E-state index >= 15 is 0 Å². The largest absolute Gasteiger partial charge is 0.457 e. The summed E-state index contributed by atoms with van der Waals surface area (Å²) in [6.45, 7) is 4.38. The van der Waals surface area contributed by atoms with Crippen LogP contribution in [0.5, 0.6) is 0 Å². The highest BCUT2D eigenvalue weighted by atomic mass is 16.7. The molecule has 9 heteroatoms. The number of esters is 1. The fourth-order valence-corrected chi connectivity index (χ4v) is 6.69. The van der Waals surface area contributed by atoms with Crippen LogP contribution in [0.25, 0.3) is 0 Å². The van der Waals surface area contributed by atoms with Gasteiger partial charge in [0.15, 0.2) is 6.29 Å². The van der Waals surface area contributed by atoms with Crippen LogP contribution in [-0.2, 0) is 23.7 Å². The van der Waals surface area contributed by atoms with Crippen LogP contribution in [0.3, 0.4) is 0 Å². The number of aliphatic hydroxyl groups excluding tert-OH is 4. The molecule has 0 radical (unpaired) electrons. The van der Waals surface area contributed by atoms with Gasteiger partial charge in [0.25, 0.3) is 0 Å². The molecule has 0 bridgehead atoms. The zero-order valence-electron chi connectivity index (χ0n) is 37.2. The Morgan fingerprint density at radius 3 is 1.58 bits per heavy atom. The highest BCUT2D eigenvalue weighted by Crippen LogP contribution is 2.22. The van der Waals surface area contributed by atoms with E-state index in [0.717, 1.165) is 77.0 Å². The van der Waals surface area contributed by atoms with E-state index in [9.17, 15) is 25.2 Å². The van der Waals surface area contributed by atoms with Crippen LogP contribution >= 0.6 is 0 Å². The van der Waals surface area contributed by atoms with Crippen molar-refractivity contribution in [3.05, 3.63) is 72.9 Å². The Bertz CT molecular complexity index is 1130. The predicted octanol–water partition coefficient (Wildman–Crippen LogP) is 10.9. The van der Waals surface area contributed by atoms with Crippen molar-refractivity contribution in [1.82, 2.24) is 0 Å². The standard InChI is InChI=1S/C50H86O9/c1-3-5-7-9-11-13-15-17-19-21-22-23-25-27-29-31-33-35-37-39-46(52)58-44(43-57-50-49(55)48(54)47(53)45(41-51)59-50)42-56-40-38-36-34-32-30-28-26-24-20-18-16-14-12-10-8-6-4-2/h5,7,11,13,17,19-20,22-24,27,29,44-45,47-51,53-55H,3-4,6,8-10,12,14-16,18,21,25-26,28,30-43H2,1-2H3/b7-5-,13-11-,19-17-,23-22-,24-20-,29-27-. The number of hydrogen-bond donors (Lipinski definition) is 4. The fraction of sp³-hybridized carbons (Fsp3) is 0.740. The average molecular weight is 831 g/mol. The lowest BCUT2D eigenvalue weighted by Gasteiger charge is -2.39. The van der Waals surface area contributed by atoms with E-state index in [-0.39, 0.29) is 25.6 Å². The molecule has 1 fully saturated rings. The van der Waals surface area contributed by atoms with Gasteiger partial charge in [-0.3, -0.25) is 4.79 Å². The Kier molecular flexibility index (Phi) is 38.0. The highest BCUT2D eigenvalue weighted by molar-refractivity contribution is 5.69. The van der Waals surface area contributed by atoms with Crippen molar-refractivity contribution < 1.29 is 44.2 Å². The first kappa shape index (κ1) is 54.6. The van der Waals surface area contributed by atoms with Crippen LogP contribution in [0.2, 0.25) is 0 Å². The maximum absolute atomic E-state index is 12.8. The lowest BCUT2D eigenvalue weighted by Crippen LogP contribution is -2.59. The predicted molar refractivity (Wildman–Crippen MR) is 242 cm³/mol. The van der Waals surface area contributed by atoms with Crippen molar-refractivity contribution in [3.63, 3.8) is 0 Å². The van der Waals surface area contributed by atoms with E-state index < -0.39 is 43.4 Å². The molecular formula is C50H86O9. The van der Waals surface area contributed by atoms with E-state index in [2.05, 4.69) is 86.8 Å². The molecule has 0 amide bonds. The number of aliphatic hydroxyl groups is 4. The van der Waals surface area contributed by atoms with E-state index in [1.54, 1.807) is 0 Å². The first-order chi connectivity index (χ1) is 28.9. The molecule has 1 heterocycles. The molecule has 9 nitrogen and oxygen atoms in total. The maximum atomic E-state index is 12.8. The molecule has 340 valence electrons. The number of hydrogen-bond acceptors (Lipinski definition) is 9. The number of unbranched alkanes of at least 4 members (excludes halogenated alkanes) is 16. The van der Waals surface area contributed by atoms with Gasteiger partial charge in [0.1, 0.15) is 30.5 Å². The third-order valence-corrected chi connectivity index (χ3v) is 10.4. The number of ether oxygens (including phenoxy) is 4. The maximum Gasteiger partial charge on any atom is 0.306 e. The molecule has 1 aliphatic heterocycles. The van der Waals surface area contributed by atoms with Crippen molar-refractivity contribution in [2.45, 2.75) is 211 Å².